The van der Waals surface area contributed by atoms with E-state index in [1.807, 2.05) is 31.2 Å². The van der Waals surface area contributed by atoms with Crippen molar-refractivity contribution in [2.45, 2.75) is 44.7 Å². The maximum atomic E-state index is 12.9. The quantitative estimate of drug-likeness (QED) is 0.863. The zero-order valence-corrected chi connectivity index (χ0v) is 15.1. The Morgan fingerprint density at radius 1 is 1.35 bits per heavy atom. The molecule has 2 N–H and O–H groups in total. The van der Waals surface area contributed by atoms with Crippen LogP contribution in [0.15, 0.2) is 24.3 Å². The van der Waals surface area contributed by atoms with Gasteiger partial charge in [-0.15, -0.1) is 0 Å². The van der Waals surface area contributed by atoms with E-state index in [9.17, 15) is 14.7 Å². The number of carbonyl (C=O) groups excluding carboxylic acids is 1. The predicted molar refractivity (Wildman–Crippen MR) is 95.9 cm³/mol. The molecule has 1 saturated heterocycles. The summed E-state index contributed by atoms with van der Waals surface area (Å²) in [5.41, 5.74) is 0.361. The number of rotatable bonds is 4. The average molecular weight is 358 g/mol. The second kappa shape index (κ2) is 6.58. The van der Waals surface area contributed by atoms with Gasteiger partial charge in [0, 0.05) is 25.1 Å². The van der Waals surface area contributed by atoms with Crippen LogP contribution in [-0.2, 0) is 9.59 Å². The Morgan fingerprint density at radius 2 is 2.15 bits per heavy atom. The van der Waals surface area contributed by atoms with Crippen LogP contribution in [0.2, 0.25) is 0 Å². The normalized spacial score (nSPS) is 31.6. The fourth-order valence-corrected chi connectivity index (χ4v) is 4.92. The first-order chi connectivity index (χ1) is 12.5. The van der Waals surface area contributed by atoms with Crippen molar-refractivity contribution in [3.8, 4) is 5.75 Å². The maximum absolute atomic E-state index is 12.9. The van der Waals surface area contributed by atoms with Crippen molar-refractivity contribution in [3.63, 3.8) is 0 Å². The molecule has 2 unspecified atom stereocenters. The van der Waals surface area contributed by atoms with Gasteiger partial charge in [0.2, 0.25) is 5.91 Å². The molecule has 0 spiro atoms. The first-order valence-corrected chi connectivity index (χ1v) is 9.51. The lowest BCUT2D eigenvalue weighted by Crippen LogP contribution is -2.47. The summed E-state index contributed by atoms with van der Waals surface area (Å²) in [5.74, 6) is 0.261. The van der Waals surface area contributed by atoms with E-state index in [-0.39, 0.29) is 23.9 Å². The van der Waals surface area contributed by atoms with Crippen molar-refractivity contribution in [2.24, 2.45) is 11.3 Å². The molecule has 0 radical (unpaired) electrons. The molecule has 1 aromatic carbocycles. The molecule has 0 aromatic heterocycles. The molecule has 4 rings (SSSR count). The van der Waals surface area contributed by atoms with Gasteiger partial charge in [-0.2, -0.15) is 0 Å². The van der Waals surface area contributed by atoms with Crippen LogP contribution in [0.3, 0.4) is 0 Å². The van der Waals surface area contributed by atoms with Gasteiger partial charge in [0.05, 0.1) is 24.1 Å². The highest BCUT2D eigenvalue weighted by Gasteiger charge is 2.55. The number of likely N-dealkylation sites (tertiary alicyclic amines) is 1. The molecule has 2 aliphatic heterocycles. The molecule has 6 heteroatoms. The zero-order chi connectivity index (χ0) is 18.3. The van der Waals surface area contributed by atoms with Crippen molar-refractivity contribution >= 4 is 11.9 Å². The number of hydrogen-bond acceptors (Lipinski definition) is 4. The van der Waals surface area contributed by atoms with Crippen LogP contribution >= 0.6 is 0 Å². The lowest BCUT2D eigenvalue weighted by atomic mass is 9.81. The first kappa shape index (κ1) is 17.3. The van der Waals surface area contributed by atoms with E-state index >= 15 is 0 Å². The lowest BCUT2D eigenvalue weighted by Gasteiger charge is -2.30. The third-order valence-corrected chi connectivity index (χ3v) is 6.53. The number of amides is 1. The van der Waals surface area contributed by atoms with Gasteiger partial charge >= 0.3 is 5.97 Å². The monoisotopic (exact) mass is 358 g/mol. The van der Waals surface area contributed by atoms with E-state index in [1.165, 1.54) is 0 Å². The van der Waals surface area contributed by atoms with E-state index in [0.717, 1.165) is 37.0 Å². The van der Waals surface area contributed by atoms with E-state index < -0.39 is 11.4 Å². The molecule has 140 valence electrons. The van der Waals surface area contributed by atoms with Gasteiger partial charge < -0.3 is 15.2 Å². The summed E-state index contributed by atoms with van der Waals surface area (Å²) in [5, 5.41) is 12.9. The Kier molecular flexibility index (Phi) is 4.39. The first-order valence-electron chi connectivity index (χ1n) is 9.51. The van der Waals surface area contributed by atoms with Crippen LogP contribution in [0.5, 0.6) is 5.75 Å². The van der Waals surface area contributed by atoms with Gasteiger partial charge in [0.15, 0.2) is 0 Å². The van der Waals surface area contributed by atoms with Gasteiger partial charge in [0.25, 0.3) is 0 Å². The summed E-state index contributed by atoms with van der Waals surface area (Å²) >= 11 is 0. The minimum atomic E-state index is -0.700. The van der Waals surface area contributed by atoms with Crippen LogP contribution in [0.4, 0.5) is 0 Å². The highest BCUT2D eigenvalue weighted by atomic mass is 16.5. The smallest absolute Gasteiger partial charge is 0.311 e. The van der Waals surface area contributed by atoms with Crippen LogP contribution in [0.1, 0.15) is 44.2 Å². The van der Waals surface area contributed by atoms with Gasteiger partial charge in [-0.3, -0.25) is 14.5 Å². The number of carboxylic acids is 1. The van der Waals surface area contributed by atoms with Crippen molar-refractivity contribution in [2.75, 3.05) is 19.7 Å². The van der Waals surface area contributed by atoms with Gasteiger partial charge in [-0.05, 0) is 31.7 Å². The third-order valence-electron chi connectivity index (χ3n) is 6.53. The average Bonchev–Trinajstić information content (AvgIpc) is 3.20. The fraction of sp³-hybridized carbons (Fsp3) is 0.600. The Hall–Kier alpha value is -2.08. The number of hydrogen-bond donors (Lipinski definition) is 2. The number of aliphatic carboxylic acids is 1. The van der Waals surface area contributed by atoms with Crippen molar-refractivity contribution in [3.05, 3.63) is 29.8 Å². The summed E-state index contributed by atoms with van der Waals surface area (Å²) < 4.78 is 5.66. The number of para-hydroxylation sites is 1. The number of ether oxygens (including phenoxy) is 1. The molecule has 2 fully saturated rings. The minimum Gasteiger partial charge on any atom is -0.493 e. The Labute approximate surface area is 153 Å². The van der Waals surface area contributed by atoms with Gasteiger partial charge in [-0.25, -0.2) is 0 Å². The molecule has 1 aromatic rings. The SMILES string of the molecule is CC(C(=O)NC1CCOc2ccccc21)N1C[C@@H]2CCC[C@@]2(C(=O)O)C1. The largest absolute Gasteiger partial charge is 0.493 e. The number of benzene rings is 1. The van der Waals surface area contributed by atoms with E-state index in [1.54, 1.807) is 0 Å². The molecule has 4 atom stereocenters. The molecule has 2 heterocycles. The number of nitrogens with zero attached hydrogens (tertiary/aromatic N) is 1. The number of fused-ring (bicyclic) bond motifs is 2. The minimum absolute atomic E-state index is 0.0350. The molecule has 1 saturated carbocycles. The second-order valence-corrected chi connectivity index (χ2v) is 7.89. The molecule has 1 amide bonds. The Morgan fingerprint density at radius 3 is 2.92 bits per heavy atom. The molecule has 1 aliphatic carbocycles. The molecular formula is C20H26N2O4. The molecule has 26 heavy (non-hydrogen) atoms. The van der Waals surface area contributed by atoms with Gasteiger partial charge in [0.1, 0.15) is 5.75 Å². The number of carboxylic acid groups (broad SMARTS) is 1. The van der Waals surface area contributed by atoms with E-state index in [0.29, 0.717) is 19.7 Å². The highest BCUT2D eigenvalue weighted by Crippen LogP contribution is 2.49. The molecule has 3 aliphatic rings. The fourth-order valence-electron chi connectivity index (χ4n) is 4.92. The van der Waals surface area contributed by atoms with Crippen LogP contribution in [0, 0.1) is 11.3 Å². The van der Waals surface area contributed by atoms with Crippen molar-refractivity contribution in [1.29, 1.82) is 0 Å². The third kappa shape index (κ3) is 2.76. The topological polar surface area (TPSA) is 78.9 Å². The van der Waals surface area contributed by atoms with Gasteiger partial charge in [-0.1, -0.05) is 24.6 Å². The molecular weight excluding hydrogens is 332 g/mol. The summed E-state index contributed by atoms with van der Waals surface area (Å²) in [6.45, 7) is 3.65. The van der Waals surface area contributed by atoms with E-state index in [4.69, 9.17) is 4.74 Å². The summed E-state index contributed by atoms with van der Waals surface area (Å²) in [7, 11) is 0. The highest BCUT2D eigenvalue weighted by molar-refractivity contribution is 5.82. The van der Waals surface area contributed by atoms with Crippen LogP contribution in [-0.4, -0.2) is 47.6 Å². The molecule has 0 bridgehead atoms. The standard InChI is InChI=1S/C20H26N2O4/c1-13(22-11-14-5-4-9-20(14,12-22)19(24)25)18(23)21-16-8-10-26-17-7-3-2-6-15(16)17/h2-3,6-7,13-14,16H,4-5,8-12H2,1H3,(H,21,23)(H,24,25)/t13?,14-,16?,20+/m0/s1. The summed E-state index contributed by atoms with van der Waals surface area (Å²) in [4.78, 5) is 26.8. The van der Waals surface area contributed by atoms with E-state index in [2.05, 4.69) is 10.2 Å². The van der Waals surface area contributed by atoms with Crippen molar-refractivity contribution in [1.82, 2.24) is 10.2 Å². The Balaban J connectivity index is 1.44. The Bertz CT molecular complexity index is 722. The summed E-state index contributed by atoms with van der Waals surface area (Å²) in [6, 6.07) is 7.42. The summed E-state index contributed by atoms with van der Waals surface area (Å²) in [6.07, 6.45) is 3.40. The maximum Gasteiger partial charge on any atom is 0.311 e. The molecule has 6 nitrogen and oxygen atoms in total. The van der Waals surface area contributed by atoms with Crippen LogP contribution < -0.4 is 10.1 Å². The lowest BCUT2D eigenvalue weighted by molar-refractivity contribution is -0.149. The van der Waals surface area contributed by atoms with Crippen molar-refractivity contribution < 1.29 is 19.4 Å². The predicted octanol–water partition coefficient (Wildman–Crippen LogP) is 2.20. The van der Waals surface area contributed by atoms with Crippen LogP contribution in [0.25, 0.3) is 0 Å². The number of carbonyl (C=O) groups is 2. The number of nitrogens with one attached hydrogen (secondary N) is 1. The second-order valence-electron chi connectivity index (χ2n) is 7.89. The zero-order valence-electron chi connectivity index (χ0n) is 15.1.